The lowest BCUT2D eigenvalue weighted by Crippen LogP contribution is -2.38. The molecule has 4 aromatic rings. The van der Waals surface area contributed by atoms with Gasteiger partial charge in [-0.2, -0.15) is 0 Å². The van der Waals surface area contributed by atoms with Gasteiger partial charge in [0.25, 0.3) is 5.56 Å². The number of anilines is 2. The Labute approximate surface area is 211 Å². The number of rotatable bonds is 6. The third kappa shape index (κ3) is 4.26. The second-order valence-corrected chi connectivity index (χ2v) is 9.15. The van der Waals surface area contributed by atoms with Crippen molar-refractivity contribution in [2.45, 2.75) is 45.2 Å². The van der Waals surface area contributed by atoms with E-state index in [2.05, 4.69) is 42.1 Å². The van der Waals surface area contributed by atoms with Crippen LogP contribution in [0, 0.1) is 0 Å². The van der Waals surface area contributed by atoms with Crippen LogP contribution in [-0.2, 0) is 18.9 Å². The van der Waals surface area contributed by atoms with Crippen molar-refractivity contribution in [3.05, 3.63) is 52.0 Å². The van der Waals surface area contributed by atoms with Crippen LogP contribution in [0.1, 0.15) is 39.2 Å². The summed E-state index contributed by atoms with van der Waals surface area (Å²) in [5.41, 5.74) is 0.541. The summed E-state index contributed by atoms with van der Waals surface area (Å²) in [6, 6.07) is -0.348. The molecule has 37 heavy (non-hydrogen) atoms. The SMILES string of the molecule is CC[C@H]1CCCN1c1ncc(-c2cncc(NC(=O)[C@@H](C)n3cnc4c3c(=O)n(C)c(=O)n4C)n2)cn1. The average molecular weight is 505 g/mol. The second kappa shape index (κ2) is 9.56. The van der Waals surface area contributed by atoms with E-state index in [0.717, 1.165) is 30.4 Å². The average Bonchev–Trinajstić information content (AvgIpc) is 3.58. The summed E-state index contributed by atoms with van der Waals surface area (Å²) in [5.74, 6) is 0.525. The Bertz CT molecular complexity index is 1590. The van der Waals surface area contributed by atoms with Gasteiger partial charge in [-0.15, -0.1) is 0 Å². The molecule has 5 rings (SSSR count). The number of aromatic nitrogens is 8. The van der Waals surface area contributed by atoms with Gasteiger partial charge < -0.3 is 14.8 Å². The van der Waals surface area contributed by atoms with Crippen molar-refractivity contribution in [3.8, 4) is 11.3 Å². The molecule has 1 saturated heterocycles. The molecule has 4 aromatic heterocycles. The molecule has 0 bridgehead atoms. The first kappa shape index (κ1) is 24.3. The van der Waals surface area contributed by atoms with E-state index in [1.807, 2.05) is 0 Å². The quantitative estimate of drug-likeness (QED) is 0.410. The molecule has 0 spiro atoms. The third-order valence-electron chi connectivity index (χ3n) is 6.89. The Morgan fingerprint density at radius 3 is 2.59 bits per heavy atom. The summed E-state index contributed by atoms with van der Waals surface area (Å²) >= 11 is 0. The molecule has 13 nitrogen and oxygen atoms in total. The molecule has 0 radical (unpaired) electrons. The van der Waals surface area contributed by atoms with Crippen LogP contribution in [0.4, 0.5) is 11.8 Å². The lowest BCUT2D eigenvalue weighted by molar-refractivity contribution is -0.118. The number of nitrogens with zero attached hydrogens (tertiary/aromatic N) is 9. The van der Waals surface area contributed by atoms with Crippen LogP contribution < -0.4 is 21.5 Å². The van der Waals surface area contributed by atoms with Gasteiger partial charge in [-0.3, -0.25) is 23.7 Å². The number of hydrogen-bond acceptors (Lipinski definition) is 9. The number of carbonyl (C=O) groups excluding carboxylic acids is 1. The predicted molar refractivity (Wildman–Crippen MR) is 137 cm³/mol. The standard InChI is InChI=1S/C24H28N10O3/c1-5-16-7-6-8-33(16)23-26-9-15(10-27-23)17-11-25-12-18(29-17)30-21(35)14(2)34-13-28-20-19(34)22(36)32(4)24(37)31(20)3/h9-14,16H,5-8H2,1-4H3,(H,29,30,35)/t14-,16+/m1/s1. The number of amides is 1. The van der Waals surface area contributed by atoms with Gasteiger partial charge in [-0.1, -0.05) is 6.92 Å². The third-order valence-corrected chi connectivity index (χ3v) is 6.89. The predicted octanol–water partition coefficient (Wildman–Crippen LogP) is 1.26. The topological polar surface area (TPSA) is 146 Å². The lowest BCUT2D eigenvalue weighted by atomic mass is 10.2. The molecule has 0 aromatic carbocycles. The summed E-state index contributed by atoms with van der Waals surface area (Å²) in [6.45, 7) is 4.75. The van der Waals surface area contributed by atoms with Crippen LogP contribution in [0.2, 0.25) is 0 Å². The zero-order chi connectivity index (χ0) is 26.3. The van der Waals surface area contributed by atoms with Gasteiger partial charge in [0.1, 0.15) is 6.04 Å². The summed E-state index contributed by atoms with van der Waals surface area (Å²) in [6.07, 6.45) is 11.2. The Morgan fingerprint density at radius 1 is 1.11 bits per heavy atom. The van der Waals surface area contributed by atoms with E-state index in [0.29, 0.717) is 23.2 Å². The zero-order valence-electron chi connectivity index (χ0n) is 21.1. The van der Waals surface area contributed by atoms with Gasteiger partial charge in [-0.25, -0.2) is 24.7 Å². The fraction of sp³-hybridized carbons (Fsp3) is 0.417. The molecule has 1 fully saturated rings. The van der Waals surface area contributed by atoms with Gasteiger partial charge in [0.2, 0.25) is 11.9 Å². The van der Waals surface area contributed by atoms with Crippen LogP contribution >= 0.6 is 0 Å². The van der Waals surface area contributed by atoms with Crippen LogP contribution in [0.5, 0.6) is 0 Å². The minimum absolute atomic E-state index is 0.160. The maximum Gasteiger partial charge on any atom is 0.332 e. The molecule has 1 amide bonds. The molecule has 1 aliphatic rings. The molecule has 5 heterocycles. The molecule has 13 heteroatoms. The van der Waals surface area contributed by atoms with Crippen molar-refractivity contribution in [1.29, 1.82) is 0 Å². The van der Waals surface area contributed by atoms with E-state index < -0.39 is 23.2 Å². The van der Waals surface area contributed by atoms with E-state index in [1.165, 1.54) is 35.8 Å². The fourth-order valence-corrected chi connectivity index (χ4v) is 4.71. The number of nitrogens with one attached hydrogen (secondary N) is 1. The normalized spacial score (nSPS) is 16.3. The molecular weight excluding hydrogens is 476 g/mol. The minimum Gasteiger partial charge on any atom is -0.338 e. The summed E-state index contributed by atoms with van der Waals surface area (Å²) in [7, 11) is 2.91. The van der Waals surface area contributed by atoms with Crippen LogP contribution in [-0.4, -0.2) is 57.1 Å². The van der Waals surface area contributed by atoms with Crippen LogP contribution in [0.25, 0.3) is 22.4 Å². The molecule has 2 atom stereocenters. The van der Waals surface area contributed by atoms with Gasteiger partial charge in [0, 0.05) is 44.6 Å². The highest BCUT2D eigenvalue weighted by atomic mass is 16.2. The Balaban J connectivity index is 1.36. The highest BCUT2D eigenvalue weighted by molar-refractivity contribution is 5.93. The van der Waals surface area contributed by atoms with Gasteiger partial charge in [-0.05, 0) is 26.2 Å². The lowest BCUT2D eigenvalue weighted by Gasteiger charge is -2.23. The summed E-state index contributed by atoms with van der Waals surface area (Å²) < 4.78 is 3.70. The molecule has 192 valence electrons. The maximum atomic E-state index is 13.1. The summed E-state index contributed by atoms with van der Waals surface area (Å²) in [5, 5.41) is 2.75. The van der Waals surface area contributed by atoms with Crippen LogP contribution in [0.3, 0.4) is 0 Å². The van der Waals surface area contributed by atoms with E-state index in [1.54, 1.807) is 25.5 Å². The Morgan fingerprint density at radius 2 is 1.86 bits per heavy atom. The first-order chi connectivity index (χ1) is 17.8. The monoisotopic (exact) mass is 504 g/mol. The van der Waals surface area contributed by atoms with E-state index in [9.17, 15) is 14.4 Å². The summed E-state index contributed by atoms with van der Waals surface area (Å²) in [4.78, 5) is 62.2. The number of imidazole rings is 1. The van der Waals surface area contributed by atoms with E-state index >= 15 is 0 Å². The zero-order valence-corrected chi connectivity index (χ0v) is 21.1. The van der Waals surface area contributed by atoms with Gasteiger partial charge in [0.15, 0.2) is 17.0 Å². The molecule has 1 N–H and O–H groups in total. The molecule has 0 aliphatic carbocycles. The van der Waals surface area contributed by atoms with E-state index in [4.69, 9.17) is 0 Å². The highest BCUT2D eigenvalue weighted by Crippen LogP contribution is 2.25. The van der Waals surface area contributed by atoms with Crippen molar-refractivity contribution in [2.75, 3.05) is 16.8 Å². The van der Waals surface area contributed by atoms with E-state index in [-0.39, 0.29) is 17.0 Å². The number of hydrogen-bond donors (Lipinski definition) is 1. The second-order valence-electron chi connectivity index (χ2n) is 9.15. The van der Waals surface area contributed by atoms with Crippen molar-refractivity contribution in [2.24, 2.45) is 14.1 Å². The molecule has 1 aliphatic heterocycles. The minimum atomic E-state index is -0.810. The smallest absolute Gasteiger partial charge is 0.332 e. The first-order valence-electron chi connectivity index (χ1n) is 12.1. The van der Waals surface area contributed by atoms with Gasteiger partial charge >= 0.3 is 5.69 Å². The van der Waals surface area contributed by atoms with Crippen molar-refractivity contribution in [3.63, 3.8) is 0 Å². The maximum absolute atomic E-state index is 13.1. The molecule has 0 saturated carbocycles. The molecule has 0 unspecified atom stereocenters. The Hall–Kier alpha value is -4.42. The fourth-order valence-electron chi connectivity index (χ4n) is 4.71. The van der Waals surface area contributed by atoms with Crippen molar-refractivity contribution >= 4 is 28.8 Å². The first-order valence-corrected chi connectivity index (χ1v) is 12.1. The number of carbonyl (C=O) groups is 1. The Kier molecular flexibility index (Phi) is 6.27. The molecular formula is C24H28N10O3. The van der Waals surface area contributed by atoms with Crippen molar-refractivity contribution in [1.82, 2.24) is 38.6 Å². The largest absolute Gasteiger partial charge is 0.338 e. The number of aryl methyl sites for hydroxylation is 1. The van der Waals surface area contributed by atoms with Crippen LogP contribution in [0.15, 0.2) is 40.7 Å². The number of fused-ring (bicyclic) bond motifs is 1. The highest BCUT2D eigenvalue weighted by Gasteiger charge is 2.25. The van der Waals surface area contributed by atoms with Crippen molar-refractivity contribution < 1.29 is 4.79 Å². The van der Waals surface area contributed by atoms with Gasteiger partial charge in [0.05, 0.1) is 24.4 Å².